The number of nitrogens with one attached hydrogen (secondary N) is 1. The highest BCUT2D eigenvalue weighted by Crippen LogP contribution is 2.32. The van der Waals surface area contributed by atoms with Crippen LogP contribution in [0.3, 0.4) is 0 Å². The minimum atomic E-state index is -0.826. The lowest BCUT2D eigenvalue weighted by atomic mass is 10.2. The number of amides is 1. The van der Waals surface area contributed by atoms with Gasteiger partial charge < -0.3 is 14.8 Å². The van der Waals surface area contributed by atoms with Gasteiger partial charge in [-0.25, -0.2) is 9.36 Å². The van der Waals surface area contributed by atoms with Gasteiger partial charge in [-0.15, -0.1) is 5.10 Å². The second-order valence-electron chi connectivity index (χ2n) is 6.84. The predicted octanol–water partition coefficient (Wildman–Crippen LogP) is 2.02. The monoisotopic (exact) mass is 395 g/mol. The summed E-state index contributed by atoms with van der Waals surface area (Å²) in [6.07, 6.45) is 0. The van der Waals surface area contributed by atoms with E-state index >= 15 is 0 Å². The van der Waals surface area contributed by atoms with Crippen LogP contribution in [0.15, 0.2) is 41.2 Å². The van der Waals surface area contributed by atoms with Gasteiger partial charge in [0.05, 0.1) is 5.69 Å². The molecule has 0 fully saturated rings. The first-order valence-electron chi connectivity index (χ1n) is 9.26. The molecule has 0 saturated carbocycles. The van der Waals surface area contributed by atoms with Crippen LogP contribution >= 0.6 is 0 Å². The number of benzene rings is 1. The van der Waals surface area contributed by atoms with Crippen molar-refractivity contribution in [1.82, 2.24) is 19.6 Å². The topological polar surface area (TPSA) is 100 Å². The minimum Gasteiger partial charge on any atom is -0.486 e. The SMILES string of the molecule is Cc1cc(C)n(-c2ccc(=O)n(C(C)C(=O)Nc3ccc4c(c3)OCCO4)n2)n1. The molecule has 29 heavy (non-hydrogen) atoms. The van der Waals surface area contributed by atoms with Crippen molar-refractivity contribution in [3.8, 4) is 17.3 Å². The highest BCUT2D eigenvalue weighted by atomic mass is 16.6. The van der Waals surface area contributed by atoms with Gasteiger partial charge in [0.1, 0.15) is 19.3 Å². The Hall–Kier alpha value is -3.62. The number of anilines is 1. The highest BCUT2D eigenvalue weighted by molar-refractivity contribution is 5.93. The van der Waals surface area contributed by atoms with E-state index in [9.17, 15) is 9.59 Å². The van der Waals surface area contributed by atoms with Crippen molar-refractivity contribution < 1.29 is 14.3 Å². The maximum absolute atomic E-state index is 12.7. The number of carbonyl (C=O) groups excluding carboxylic acids is 1. The largest absolute Gasteiger partial charge is 0.486 e. The van der Waals surface area contributed by atoms with E-state index in [-0.39, 0.29) is 11.5 Å². The van der Waals surface area contributed by atoms with E-state index in [1.165, 1.54) is 6.07 Å². The van der Waals surface area contributed by atoms with Crippen LogP contribution in [0.2, 0.25) is 0 Å². The molecule has 0 bridgehead atoms. The number of fused-ring (bicyclic) bond motifs is 1. The maximum Gasteiger partial charge on any atom is 0.267 e. The summed E-state index contributed by atoms with van der Waals surface area (Å²) in [5.74, 6) is 1.30. The number of nitrogens with zero attached hydrogens (tertiary/aromatic N) is 4. The van der Waals surface area contributed by atoms with Crippen LogP contribution < -0.4 is 20.3 Å². The van der Waals surface area contributed by atoms with E-state index in [2.05, 4.69) is 15.5 Å². The van der Waals surface area contributed by atoms with Crippen molar-refractivity contribution >= 4 is 11.6 Å². The van der Waals surface area contributed by atoms with Gasteiger partial charge >= 0.3 is 0 Å². The van der Waals surface area contributed by atoms with E-state index in [1.54, 1.807) is 35.9 Å². The zero-order valence-electron chi connectivity index (χ0n) is 16.4. The number of hydrogen-bond acceptors (Lipinski definition) is 6. The third-order valence-corrected chi connectivity index (χ3v) is 4.59. The van der Waals surface area contributed by atoms with Crippen molar-refractivity contribution in [2.75, 3.05) is 18.5 Å². The van der Waals surface area contributed by atoms with Crippen LogP contribution in [0.1, 0.15) is 24.4 Å². The first-order valence-corrected chi connectivity index (χ1v) is 9.26. The molecular formula is C20H21N5O4. The molecule has 150 valence electrons. The first-order chi connectivity index (χ1) is 13.9. The lowest BCUT2D eigenvalue weighted by molar-refractivity contribution is -0.119. The van der Waals surface area contributed by atoms with Crippen molar-refractivity contribution in [3.63, 3.8) is 0 Å². The van der Waals surface area contributed by atoms with Gasteiger partial charge in [-0.3, -0.25) is 9.59 Å². The van der Waals surface area contributed by atoms with E-state index < -0.39 is 6.04 Å². The van der Waals surface area contributed by atoms with Gasteiger partial charge in [-0.1, -0.05) is 0 Å². The summed E-state index contributed by atoms with van der Waals surface area (Å²) in [5, 5.41) is 11.5. The molecule has 9 nitrogen and oxygen atoms in total. The second-order valence-corrected chi connectivity index (χ2v) is 6.84. The van der Waals surface area contributed by atoms with Crippen molar-refractivity contribution in [1.29, 1.82) is 0 Å². The second kappa shape index (κ2) is 7.42. The molecule has 3 aromatic rings. The Morgan fingerprint density at radius 3 is 2.55 bits per heavy atom. The van der Waals surface area contributed by atoms with Gasteiger partial charge in [-0.2, -0.15) is 5.10 Å². The summed E-state index contributed by atoms with van der Waals surface area (Å²) in [6.45, 7) is 6.35. The number of aryl methyl sites for hydroxylation is 2. The maximum atomic E-state index is 12.7. The molecule has 0 spiro atoms. The molecule has 1 aliphatic heterocycles. The Balaban J connectivity index is 1.58. The third kappa shape index (κ3) is 3.71. The molecule has 1 unspecified atom stereocenters. The fourth-order valence-electron chi connectivity index (χ4n) is 3.15. The molecule has 1 N–H and O–H groups in total. The fourth-order valence-corrected chi connectivity index (χ4v) is 3.15. The van der Waals surface area contributed by atoms with Crippen molar-refractivity contribution in [3.05, 3.63) is 58.1 Å². The average molecular weight is 395 g/mol. The molecular weight excluding hydrogens is 374 g/mol. The molecule has 0 saturated heterocycles. The Kier molecular flexibility index (Phi) is 4.79. The molecule has 1 atom stereocenters. The van der Waals surface area contributed by atoms with Crippen LogP contribution in [0.25, 0.3) is 5.82 Å². The number of aromatic nitrogens is 4. The van der Waals surface area contributed by atoms with Gasteiger partial charge in [-0.05, 0) is 45.0 Å². The van der Waals surface area contributed by atoms with Crippen molar-refractivity contribution in [2.24, 2.45) is 0 Å². The molecule has 0 aliphatic carbocycles. The summed E-state index contributed by atoms with van der Waals surface area (Å²) in [4.78, 5) is 25.1. The Labute approximate surface area is 166 Å². The van der Waals surface area contributed by atoms with Gasteiger partial charge in [0, 0.05) is 23.5 Å². The summed E-state index contributed by atoms with van der Waals surface area (Å²) < 4.78 is 13.8. The van der Waals surface area contributed by atoms with E-state index in [0.29, 0.717) is 36.2 Å². The van der Waals surface area contributed by atoms with Gasteiger partial charge in [0.15, 0.2) is 17.3 Å². The number of carbonyl (C=O) groups is 1. The molecule has 1 aromatic carbocycles. The Bertz CT molecular complexity index is 1130. The zero-order chi connectivity index (χ0) is 20.5. The van der Waals surface area contributed by atoms with E-state index in [4.69, 9.17) is 9.47 Å². The Morgan fingerprint density at radius 1 is 1.07 bits per heavy atom. The molecule has 1 aliphatic rings. The van der Waals surface area contributed by atoms with Crippen LogP contribution in [0.4, 0.5) is 5.69 Å². The number of rotatable bonds is 4. The predicted molar refractivity (Wildman–Crippen MR) is 106 cm³/mol. The quantitative estimate of drug-likeness (QED) is 0.725. The van der Waals surface area contributed by atoms with E-state index in [0.717, 1.165) is 16.1 Å². The molecule has 0 radical (unpaired) electrons. The van der Waals surface area contributed by atoms with Crippen molar-refractivity contribution in [2.45, 2.75) is 26.8 Å². The normalized spacial score (nSPS) is 13.8. The number of ether oxygens (including phenoxy) is 2. The molecule has 1 amide bonds. The average Bonchev–Trinajstić information content (AvgIpc) is 3.05. The highest BCUT2D eigenvalue weighted by Gasteiger charge is 2.20. The summed E-state index contributed by atoms with van der Waals surface area (Å²) >= 11 is 0. The zero-order valence-corrected chi connectivity index (χ0v) is 16.4. The minimum absolute atomic E-state index is 0.373. The summed E-state index contributed by atoms with van der Waals surface area (Å²) in [6, 6.07) is 9.21. The van der Waals surface area contributed by atoms with Crippen LogP contribution in [0, 0.1) is 13.8 Å². The van der Waals surface area contributed by atoms with Crippen LogP contribution in [-0.4, -0.2) is 38.7 Å². The number of hydrogen-bond donors (Lipinski definition) is 1. The first kappa shape index (κ1) is 18.7. The molecule has 3 heterocycles. The third-order valence-electron chi connectivity index (χ3n) is 4.59. The molecule has 4 rings (SSSR count). The molecule has 2 aromatic heterocycles. The summed E-state index contributed by atoms with van der Waals surface area (Å²) in [7, 11) is 0. The lowest BCUT2D eigenvalue weighted by Gasteiger charge is -2.20. The van der Waals surface area contributed by atoms with Gasteiger partial charge in [0.2, 0.25) is 5.91 Å². The lowest BCUT2D eigenvalue weighted by Crippen LogP contribution is -2.33. The molecule has 9 heteroatoms. The Morgan fingerprint density at radius 2 is 1.83 bits per heavy atom. The van der Waals surface area contributed by atoms with Crippen LogP contribution in [0.5, 0.6) is 11.5 Å². The smallest absolute Gasteiger partial charge is 0.267 e. The fraction of sp³-hybridized carbons (Fsp3) is 0.300. The van der Waals surface area contributed by atoms with Crippen LogP contribution in [-0.2, 0) is 4.79 Å². The summed E-state index contributed by atoms with van der Waals surface area (Å²) in [5.41, 5.74) is 1.90. The van der Waals surface area contributed by atoms with Gasteiger partial charge in [0.25, 0.3) is 5.56 Å². The van der Waals surface area contributed by atoms with E-state index in [1.807, 2.05) is 19.9 Å². The standard InChI is InChI=1S/C20H21N5O4/c1-12-10-13(2)24(22-12)18-6-7-19(26)25(23-18)14(3)20(27)21-15-4-5-16-17(11-15)29-9-8-28-16/h4-7,10-11,14H,8-9H2,1-3H3,(H,21,27).